The van der Waals surface area contributed by atoms with E-state index in [1.54, 1.807) is 16.0 Å². The van der Waals surface area contributed by atoms with Gasteiger partial charge in [0, 0.05) is 45.6 Å². The Morgan fingerprint density at radius 2 is 1.70 bits per heavy atom. The molecule has 0 radical (unpaired) electrons. The number of rotatable bonds is 4. The first-order valence-corrected chi connectivity index (χ1v) is 10.7. The summed E-state index contributed by atoms with van der Waals surface area (Å²) in [6, 6.07) is 13.7. The summed E-state index contributed by atoms with van der Waals surface area (Å²) in [5.41, 5.74) is 1.45. The van der Waals surface area contributed by atoms with Gasteiger partial charge in [-0.15, -0.1) is 21.5 Å². The van der Waals surface area contributed by atoms with Gasteiger partial charge in [0.15, 0.2) is 11.6 Å². The van der Waals surface area contributed by atoms with Gasteiger partial charge >= 0.3 is 0 Å². The van der Waals surface area contributed by atoms with Crippen LogP contribution in [0.3, 0.4) is 0 Å². The van der Waals surface area contributed by atoms with Crippen LogP contribution in [0.2, 0.25) is 0 Å². The molecule has 4 aromatic rings. The molecule has 0 aliphatic carbocycles. The van der Waals surface area contributed by atoms with E-state index in [4.69, 9.17) is 0 Å². The average molecular weight is 420 g/mol. The molecule has 0 aromatic carbocycles. The molecular formula is C21H21N7OS. The van der Waals surface area contributed by atoms with Crippen molar-refractivity contribution in [3.05, 3.63) is 65.9 Å². The number of carbonyl (C=O) groups is 1. The van der Waals surface area contributed by atoms with E-state index in [-0.39, 0.29) is 5.91 Å². The van der Waals surface area contributed by atoms with Crippen LogP contribution in [0.15, 0.2) is 60.2 Å². The monoisotopic (exact) mass is 419 g/mol. The van der Waals surface area contributed by atoms with Gasteiger partial charge in [-0.2, -0.15) is 5.10 Å². The average Bonchev–Trinajstić information content (AvgIpc) is 3.55. The van der Waals surface area contributed by atoms with Gasteiger partial charge in [0.05, 0.1) is 4.88 Å². The van der Waals surface area contributed by atoms with Crippen molar-refractivity contribution in [1.82, 2.24) is 29.4 Å². The Labute approximate surface area is 178 Å². The normalized spacial score (nSPS) is 14.3. The zero-order valence-electron chi connectivity index (χ0n) is 16.5. The second-order valence-corrected chi connectivity index (χ2v) is 8.08. The molecule has 1 fully saturated rings. The van der Waals surface area contributed by atoms with Crippen molar-refractivity contribution >= 4 is 23.1 Å². The molecular weight excluding hydrogens is 398 g/mol. The SMILES string of the molecule is Cn1nc(-c2cccs2)cc1C(=O)N1CCN(c2ccc(-n3cccc3)nn2)CC1. The molecule has 1 aliphatic rings. The minimum Gasteiger partial charge on any atom is -0.352 e. The van der Waals surface area contributed by atoms with Crippen LogP contribution in [0.5, 0.6) is 0 Å². The molecule has 0 atom stereocenters. The van der Waals surface area contributed by atoms with Gasteiger partial charge in [0.1, 0.15) is 11.4 Å². The first-order valence-electron chi connectivity index (χ1n) is 9.78. The van der Waals surface area contributed by atoms with Gasteiger partial charge in [-0.05, 0) is 41.8 Å². The fourth-order valence-corrected chi connectivity index (χ4v) is 4.31. The first-order chi connectivity index (χ1) is 14.7. The van der Waals surface area contributed by atoms with Crippen LogP contribution >= 0.6 is 11.3 Å². The minimum atomic E-state index is 0.0153. The van der Waals surface area contributed by atoms with Gasteiger partial charge in [-0.3, -0.25) is 9.48 Å². The molecule has 5 rings (SSSR count). The fourth-order valence-electron chi connectivity index (χ4n) is 3.62. The van der Waals surface area contributed by atoms with Crippen molar-refractivity contribution in [2.75, 3.05) is 31.1 Å². The number of piperazine rings is 1. The van der Waals surface area contributed by atoms with Gasteiger partial charge in [-0.1, -0.05) is 6.07 Å². The number of anilines is 1. The lowest BCUT2D eigenvalue weighted by atomic mass is 10.2. The summed E-state index contributed by atoms with van der Waals surface area (Å²) in [4.78, 5) is 18.2. The lowest BCUT2D eigenvalue weighted by molar-refractivity contribution is 0.0735. The molecule has 4 aromatic heterocycles. The third-order valence-corrected chi connectivity index (χ3v) is 6.16. The molecule has 1 aliphatic heterocycles. The van der Waals surface area contributed by atoms with E-state index < -0.39 is 0 Å². The highest BCUT2D eigenvalue weighted by Crippen LogP contribution is 2.24. The molecule has 9 heteroatoms. The van der Waals surface area contributed by atoms with Crippen LogP contribution in [0.4, 0.5) is 5.82 Å². The lowest BCUT2D eigenvalue weighted by Gasteiger charge is -2.35. The summed E-state index contributed by atoms with van der Waals surface area (Å²) < 4.78 is 3.60. The van der Waals surface area contributed by atoms with Crippen molar-refractivity contribution in [2.45, 2.75) is 0 Å². The van der Waals surface area contributed by atoms with Crippen molar-refractivity contribution in [3.8, 4) is 16.4 Å². The van der Waals surface area contributed by atoms with Crippen LogP contribution in [0.1, 0.15) is 10.5 Å². The predicted octanol–water partition coefficient (Wildman–Crippen LogP) is 2.69. The maximum Gasteiger partial charge on any atom is 0.272 e. The third-order valence-electron chi connectivity index (χ3n) is 5.27. The van der Waals surface area contributed by atoms with E-state index in [2.05, 4.69) is 20.2 Å². The Bertz CT molecular complexity index is 1120. The highest BCUT2D eigenvalue weighted by Gasteiger charge is 2.25. The van der Waals surface area contributed by atoms with Crippen molar-refractivity contribution in [3.63, 3.8) is 0 Å². The van der Waals surface area contributed by atoms with Gasteiger partial charge in [0.25, 0.3) is 5.91 Å². The molecule has 8 nitrogen and oxygen atoms in total. The molecule has 5 heterocycles. The zero-order valence-corrected chi connectivity index (χ0v) is 17.4. The standard InChI is InChI=1S/C21H21N7OS/c1-25-17(15-16(24-25)18-5-4-14-30-18)21(29)28-12-10-27(11-13-28)20-7-6-19(22-23-20)26-8-2-3-9-26/h2-9,14-15H,10-13H2,1H3. The second-order valence-electron chi connectivity index (χ2n) is 7.14. The van der Waals surface area contributed by atoms with Gasteiger partial charge in [0.2, 0.25) is 0 Å². The van der Waals surface area contributed by atoms with Crippen molar-refractivity contribution in [1.29, 1.82) is 0 Å². The van der Waals surface area contributed by atoms with E-state index in [9.17, 15) is 4.79 Å². The van der Waals surface area contributed by atoms with E-state index in [1.807, 2.05) is 76.8 Å². The molecule has 0 saturated carbocycles. The first kappa shape index (κ1) is 18.6. The number of amides is 1. The Morgan fingerprint density at radius 3 is 2.37 bits per heavy atom. The Balaban J connectivity index is 1.24. The highest BCUT2D eigenvalue weighted by molar-refractivity contribution is 7.13. The van der Waals surface area contributed by atoms with E-state index in [1.165, 1.54) is 0 Å². The number of hydrogen-bond donors (Lipinski definition) is 0. The summed E-state index contributed by atoms with van der Waals surface area (Å²) >= 11 is 1.62. The molecule has 1 saturated heterocycles. The maximum absolute atomic E-state index is 13.0. The Morgan fingerprint density at radius 1 is 0.967 bits per heavy atom. The summed E-state index contributed by atoms with van der Waals surface area (Å²) in [5, 5.41) is 15.2. The lowest BCUT2D eigenvalue weighted by Crippen LogP contribution is -2.49. The molecule has 30 heavy (non-hydrogen) atoms. The topological polar surface area (TPSA) is 72.1 Å². The fraction of sp³-hybridized carbons (Fsp3) is 0.238. The Kier molecular flexibility index (Phi) is 4.80. The molecule has 1 amide bonds. The Hall–Kier alpha value is -3.46. The number of aryl methyl sites for hydroxylation is 1. The summed E-state index contributed by atoms with van der Waals surface area (Å²) in [6.07, 6.45) is 3.88. The van der Waals surface area contributed by atoms with Crippen LogP contribution in [-0.4, -0.2) is 61.5 Å². The smallest absolute Gasteiger partial charge is 0.272 e. The third kappa shape index (κ3) is 3.48. The molecule has 0 bridgehead atoms. The highest BCUT2D eigenvalue weighted by atomic mass is 32.1. The number of carbonyl (C=O) groups excluding carboxylic acids is 1. The summed E-state index contributed by atoms with van der Waals surface area (Å²) in [6.45, 7) is 2.72. The predicted molar refractivity (Wildman–Crippen MR) is 116 cm³/mol. The number of thiophene rings is 1. The largest absolute Gasteiger partial charge is 0.352 e. The van der Waals surface area contributed by atoms with E-state index >= 15 is 0 Å². The zero-order chi connectivity index (χ0) is 20.5. The van der Waals surface area contributed by atoms with Crippen LogP contribution < -0.4 is 4.90 Å². The summed E-state index contributed by atoms with van der Waals surface area (Å²) in [7, 11) is 1.82. The van der Waals surface area contributed by atoms with E-state index in [0.29, 0.717) is 18.8 Å². The van der Waals surface area contributed by atoms with E-state index in [0.717, 1.165) is 35.3 Å². The maximum atomic E-state index is 13.0. The number of hydrogen-bond acceptors (Lipinski definition) is 6. The molecule has 0 N–H and O–H groups in total. The quantitative estimate of drug-likeness (QED) is 0.509. The molecule has 0 spiro atoms. The number of aromatic nitrogens is 5. The molecule has 152 valence electrons. The summed E-state index contributed by atoms with van der Waals surface area (Å²) in [5.74, 6) is 1.63. The number of nitrogens with zero attached hydrogens (tertiary/aromatic N) is 7. The molecule has 0 unspecified atom stereocenters. The second kappa shape index (κ2) is 7.75. The van der Waals surface area contributed by atoms with Gasteiger partial charge < -0.3 is 14.4 Å². The van der Waals surface area contributed by atoms with Gasteiger partial charge in [-0.25, -0.2) is 0 Å². The van der Waals surface area contributed by atoms with Crippen LogP contribution in [0.25, 0.3) is 16.4 Å². The van der Waals surface area contributed by atoms with Crippen LogP contribution in [-0.2, 0) is 7.05 Å². The van der Waals surface area contributed by atoms with Crippen LogP contribution in [0, 0.1) is 0 Å². The van der Waals surface area contributed by atoms with Crippen molar-refractivity contribution in [2.24, 2.45) is 7.05 Å². The minimum absolute atomic E-state index is 0.0153. The van der Waals surface area contributed by atoms with Crippen molar-refractivity contribution < 1.29 is 4.79 Å².